The molecule has 0 unspecified atom stereocenters. The summed E-state index contributed by atoms with van der Waals surface area (Å²) in [5, 5.41) is 4.47. The van der Waals surface area contributed by atoms with E-state index < -0.39 is 0 Å². The first-order valence-electron chi connectivity index (χ1n) is 6.21. The van der Waals surface area contributed by atoms with Crippen molar-refractivity contribution >= 4 is 17.6 Å². The number of nitrogen functional groups attached to an aromatic ring is 1. The summed E-state index contributed by atoms with van der Waals surface area (Å²) in [4.78, 5) is 17.9. The molecule has 106 valence electrons. The molecule has 2 heterocycles. The first-order chi connectivity index (χ1) is 10.2. The van der Waals surface area contributed by atoms with Crippen LogP contribution in [0, 0.1) is 0 Å². The van der Waals surface area contributed by atoms with Gasteiger partial charge in [-0.15, -0.1) is 0 Å². The van der Waals surface area contributed by atoms with Crippen LogP contribution in [0.3, 0.4) is 0 Å². The lowest BCUT2D eigenvalue weighted by atomic mass is 10.2. The fraction of sp³-hybridized carbons (Fsp3) is 0.0714. The average Bonchev–Trinajstić information content (AvgIpc) is 2.94. The molecule has 0 aliphatic heterocycles. The van der Waals surface area contributed by atoms with Gasteiger partial charge in [-0.1, -0.05) is 47.3 Å². The maximum absolute atomic E-state index is 11.3. The zero-order chi connectivity index (χ0) is 14.7. The first-order valence-corrected chi connectivity index (χ1v) is 7.20. The normalized spacial score (nSPS) is 10.7. The van der Waals surface area contributed by atoms with Crippen molar-refractivity contribution in [1.82, 2.24) is 15.1 Å². The average molecular weight is 300 g/mol. The Bertz CT molecular complexity index is 798. The van der Waals surface area contributed by atoms with E-state index >= 15 is 0 Å². The Balaban J connectivity index is 1.72. The van der Waals surface area contributed by atoms with Crippen LogP contribution in [0.2, 0.25) is 0 Å². The van der Waals surface area contributed by atoms with E-state index in [1.807, 2.05) is 36.4 Å². The van der Waals surface area contributed by atoms with Crippen LogP contribution in [0.4, 0.5) is 5.82 Å². The van der Waals surface area contributed by atoms with Gasteiger partial charge in [0.2, 0.25) is 0 Å². The molecule has 0 bridgehead atoms. The first kappa shape index (κ1) is 13.4. The molecule has 0 radical (unpaired) electrons. The van der Waals surface area contributed by atoms with Crippen LogP contribution in [-0.4, -0.2) is 15.1 Å². The van der Waals surface area contributed by atoms with E-state index in [1.54, 1.807) is 0 Å². The third kappa shape index (κ3) is 3.32. The highest BCUT2D eigenvalue weighted by Crippen LogP contribution is 2.23. The van der Waals surface area contributed by atoms with Gasteiger partial charge in [0, 0.05) is 23.4 Å². The molecule has 0 fully saturated rings. The predicted molar refractivity (Wildman–Crippen MR) is 80.8 cm³/mol. The molecular formula is C14H12N4O2S. The lowest BCUT2D eigenvalue weighted by Crippen LogP contribution is -2.09. The molecule has 0 saturated heterocycles. The van der Waals surface area contributed by atoms with Gasteiger partial charge in [0.15, 0.2) is 10.9 Å². The molecule has 1 aromatic carbocycles. The smallest absolute Gasteiger partial charge is 0.253 e. The van der Waals surface area contributed by atoms with Crippen LogP contribution in [0.1, 0.15) is 5.69 Å². The van der Waals surface area contributed by atoms with Crippen molar-refractivity contribution in [3.8, 4) is 11.3 Å². The zero-order valence-electron chi connectivity index (χ0n) is 10.9. The Morgan fingerprint density at radius 1 is 1.24 bits per heavy atom. The van der Waals surface area contributed by atoms with E-state index in [0.29, 0.717) is 16.7 Å². The Hall–Kier alpha value is -2.54. The fourth-order valence-electron chi connectivity index (χ4n) is 1.78. The molecule has 3 rings (SSSR count). The second kappa shape index (κ2) is 5.84. The number of thioether (sulfide) groups is 1. The van der Waals surface area contributed by atoms with Gasteiger partial charge in [0.1, 0.15) is 5.82 Å². The number of benzene rings is 1. The molecule has 2 aromatic heterocycles. The Kier molecular flexibility index (Phi) is 3.74. The molecule has 0 saturated carbocycles. The zero-order valence-corrected chi connectivity index (χ0v) is 11.8. The van der Waals surface area contributed by atoms with E-state index in [1.165, 1.54) is 17.8 Å². The number of nitrogens with zero attached hydrogens (tertiary/aromatic N) is 2. The number of nitrogens with two attached hydrogens (primary N) is 1. The molecule has 3 N–H and O–H groups in total. The molecule has 21 heavy (non-hydrogen) atoms. The molecule has 6 nitrogen and oxygen atoms in total. The van der Waals surface area contributed by atoms with Gasteiger partial charge in [-0.25, -0.2) is 4.98 Å². The van der Waals surface area contributed by atoms with Crippen molar-refractivity contribution < 1.29 is 4.52 Å². The van der Waals surface area contributed by atoms with E-state index in [9.17, 15) is 4.79 Å². The topological polar surface area (TPSA) is 97.8 Å². The van der Waals surface area contributed by atoms with Crippen LogP contribution in [0.5, 0.6) is 0 Å². The lowest BCUT2D eigenvalue weighted by molar-refractivity contribution is 0.426. The van der Waals surface area contributed by atoms with Crippen molar-refractivity contribution in [3.05, 3.63) is 58.5 Å². The third-order valence-corrected chi connectivity index (χ3v) is 3.62. The van der Waals surface area contributed by atoms with Gasteiger partial charge >= 0.3 is 0 Å². The second-order valence-corrected chi connectivity index (χ2v) is 5.28. The lowest BCUT2D eigenvalue weighted by Gasteiger charge is -1.98. The van der Waals surface area contributed by atoms with Crippen molar-refractivity contribution in [2.75, 3.05) is 5.73 Å². The Morgan fingerprint density at radius 2 is 2.05 bits per heavy atom. The monoisotopic (exact) mass is 300 g/mol. The van der Waals surface area contributed by atoms with Crippen molar-refractivity contribution in [2.24, 2.45) is 0 Å². The summed E-state index contributed by atoms with van der Waals surface area (Å²) >= 11 is 1.34. The van der Waals surface area contributed by atoms with E-state index in [4.69, 9.17) is 10.3 Å². The molecule has 0 spiro atoms. The third-order valence-electron chi connectivity index (χ3n) is 2.71. The largest absolute Gasteiger partial charge is 0.383 e. The fourth-order valence-corrected chi connectivity index (χ4v) is 2.55. The minimum atomic E-state index is -0.268. The summed E-state index contributed by atoms with van der Waals surface area (Å²) in [5.74, 6) is 1.44. The maximum atomic E-state index is 11.3. The van der Waals surface area contributed by atoms with Gasteiger partial charge in [-0.05, 0) is 0 Å². The molecule has 3 aromatic rings. The number of hydrogen-bond acceptors (Lipinski definition) is 6. The number of rotatable bonds is 4. The highest BCUT2D eigenvalue weighted by atomic mass is 32.2. The predicted octanol–water partition coefficient (Wildman–Crippen LogP) is 2.30. The van der Waals surface area contributed by atoms with Crippen molar-refractivity contribution in [2.45, 2.75) is 10.9 Å². The number of H-pyrrole nitrogens is 1. The minimum Gasteiger partial charge on any atom is -0.383 e. The number of aromatic nitrogens is 3. The minimum absolute atomic E-state index is 0.200. The van der Waals surface area contributed by atoms with Crippen LogP contribution >= 0.6 is 11.8 Å². The summed E-state index contributed by atoms with van der Waals surface area (Å²) in [6.45, 7) is 0. The quantitative estimate of drug-likeness (QED) is 0.566. The van der Waals surface area contributed by atoms with Crippen LogP contribution in [0.25, 0.3) is 11.3 Å². The molecule has 0 aliphatic rings. The van der Waals surface area contributed by atoms with Crippen LogP contribution in [-0.2, 0) is 5.75 Å². The molecule has 7 heteroatoms. The Labute approximate surface area is 124 Å². The van der Waals surface area contributed by atoms with E-state index in [2.05, 4.69) is 15.1 Å². The number of aromatic amines is 1. The second-order valence-electron chi connectivity index (χ2n) is 4.31. The molecule has 0 aliphatic carbocycles. The maximum Gasteiger partial charge on any atom is 0.253 e. The van der Waals surface area contributed by atoms with Crippen LogP contribution < -0.4 is 11.3 Å². The van der Waals surface area contributed by atoms with Crippen LogP contribution in [0.15, 0.2) is 56.9 Å². The highest BCUT2D eigenvalue weighted by Gasteiger charge is 2.08. The summed E-state index contributed by atoms with van der Waals surface area (Å²) in [5.41, 5.74) is 7.00. The highest BCUT2D eigenvalue weighted by molar-refractivity contribution is 7.98. The van der Waals surface area contributed by atoms with Gasteiger partial charge in [0.05, 0.1) is 5.69 Å². The van der Waals surface area contributed by atoms with Gasteiger partial charge < -0.3 is 15.2 Å². The van der Waals surface area contributed by atoms with Gasteiger partial charge in [0.25, 0.3) is 5.56 Å². The van der Waals surface area contributed by atoms with E-state index in [-0.39, 0.29) is 11.4 Å². The summed E-state index contributed by atoms with van der Waals surface area (Å²) in [6.07, 6.45) is 0. The van der Waals surface area contributed by atoms with Crippen molar-refractivity contribution in [1.29, 1.82) is 0 Å². The Morgan fingerprint density at radius 3 is 2.81 bits per heavy atom. The standard InChI is InChI=1S/C14H12N4O2S/c15-12-7-13(19)17-14(16-12)21-8-10-6-11(20-18-10)9-4-2-1-3-5-9/h1-7H,8H2,(H3,15,16,17,19). The van der Waals surface area contributed by atoms with Gasteiger partial charge in [-0.2, -0.15) is 0 Å². The number of hydrogen-bond donors (Lipinski definition) is 2. The van der Waals surface area contributed by atoms with E-state index in [0.717, 1.165) is 11.3 Å². The molecule has 0 atom stereocenters. The molecular weight excluding hydrogens is 288 g/mol. The SMILES string of the molecule is Nc1cc(=O)[nH]c(SCc2cc(-c3ccccc3)on2)n1. The summed E-state index contributed by atoms with van der Waals surface area (Å²) in [7, 11) is 0. The summed E-state index contributed by atoms with van der Waals surface area (Å²) in [6, 6.07) is 12.8. The number of nitrogens with one attached hydrogen (secondary N) is 1. The van der Waals surface area contributed by atoms with Gasteiger partial charge in [-0.3, -0.25) is 4.79 Å². The van der Waals surface area contributed by atoms with Crippen molar-refractivity contribution in [3.63, 3.8) is 0 Å². The summed E-state index contributed by atoms with van der Waals surface area (Å²) < 4.78 is 5.31. The number of anilines is 1. The molecule has 0 amide bonds.